The number of thioether (sulfide) groups is 1. The van der Waals surface area contributed by atoms with Crippen LogP contribution in [0.25, 0.3) is 10.2 Å². The van der Waals surface area contributed by atoms with Crippen LogP contribution in [0.15, 0.2) is 40.3 Å². The molecule has 0 N–H and O–H groups in total. The summed E-state index contributed by atoms with van der Waals surface area (Å²) in [6, 6.07) is 6.01. The van der Waals surface area contributed by atoms with Crippen molar-refractivity contribution in [3.8, 4) is 0 Å². The van der Waals surface area contributed by atoms with E-state index in [4.69, 9.17) is 0 Å². The van der Waals surface area contributed by atoms with E-state index in [2.05, 4.69) is 34.4 Å². The van der Waals surface area contributed by atoms with Crippen molar-refractivity contribution >= 4 is 61.1 Å². The summed E-state index contributed by atoms with van der Waals surface area (Å²) in [4.78, 5) is 31.6. The summed E-state index contributed by atoms with van der Waals surface area (Å²) >= 11 is 6.31. The number of hydrogen-bond donors (Lipinski definition) is 0. The molecule has 0 radical (unpaired) electrons. The van der Waals surface area contributed by atoms with Crippen molar-refractivity contribution in [2.75, 3.05) is 24.6 Å². The Labute approximate surface area is 181 Å². The third-order valence-electron chi connectivity index (χ3n) is 4.64. The molecule has 0 bridgehead atoms. The van der Waals surface area contributed by atoms with Crippen molar-refractivity contribution in [1.29, 1.82) is 0 Å². The zero-order chi connectivity index (χ0) is 20.1. The van der Waals surface area contributed by atoms with Gasteiger partial charge in [-0.2, -0.15) is 4.99 Å². The molecule has 0 spiro atoms. The van der Waals surface area contributed by atoms with E-state index in [0.29, 0.717) is 23.0 Å². The van der Waals surface area contributed by atoms with Crippen molar-refractivity contribution < 1.29 is 9.59 Å². The molecule has 0 saturated carbocycles. The Balaban J connectivity index is 1.65. The van der Waals surface area contributed by atoms with E-state index in [1.807, 2.05) is 27.7 Å². The summed E-state index contributed by atoms with van der Waals surface area (Å²) in [6.07, 6.45) is 4.05. The third-order valence-corrected chi connectivity index (χ3v) is 7.07. The molecule has 0 aliphatic carbocycles. The van der Waals surface area contributed by atoms with Gasteiger partial charge in [0.2, 0.25) is 5.91 Å². The zero-order valence-electron chi connectivity index (χ0n) is 15.9. The maximum atomic E-state index is 12.4. The van der Waals surface area contributed by atoms with Gasteiger partial charge in [-0.1, -0.05) is 40.3 Å². The first-order valence-corrected chi connectivity index (χ1v) is 12.1. The number of piperidine rings is 1. The Kier molecular flexibility index (Phi) is 7.54. The van der Waals surface area contributed by atoms with Crippen LogP contribution in [0.1, 0.15) is 19.8 Å². The van der Waals surface area contributed by atoms with Gasteiger partial charge in [-0.05, 0) is 37.0 Å². The molecule has 1 unspecified atom stereocenters. The van der Waals surface area contributed by atoms with Gasteiger partial charge in [0.15, 0.2) is 4.80 Å². The van der Waals surface area contributed by atoms with Gasteiger partial charge in [0.25, 0.3) is 5.91 Å². The average molecular weight is 482 g/mol. The molecule has 1 fully saturated rings. The van der Waals surface area contributed by atoms with Gasteiger partial charge in [0.1, 0.15) is 0 Å². The normalized spacial score (nSPS) is 17.9. The summed E-state index contributed by atoms with van der Waals surface area (Å²) in [7, 11) is 0. The summed E-state index contributed by atoms with van der Waals surface area (Å²) in [5, 5.41) is 0. The number of rotatable bonds is 6. The molecule has 3 rings (SSSR count). The van der Waals surface area contributed by atoms with Crippen LogP contribution >= 0.6 is 39.0 Å². The standard InChI is InChI=1S/C20H24BrN3O2S2/c1-3-8-24-16-7-6-15(21)10-17(16)28-20(24)22-18(25)12-27-13-19(26)23-9-4-5-14(2)11-23/h3,6-7,10,14H,1,4-5,8-9,11-13H2,2H3. The maximum Gasteiger partial charge on any atom is 0.258 e. The first-order chi connectivity index (χ1) is 13.5. The minimum Gasteiger partial charge on any atom is -0.342 e. The summed E-state index contributed by atoms with van der Waals surface area (Å²) in [5.41, 5.74) is 1.03. The van der Waals surface area contributed by atoms with E-state index in [1.54, 1.807) is 6.08 Å². The largest absolute Gasteiger partial charge is 0.342 e. The Bertz CT molecular complexity index is 951. The van der Waals surface area contributed by atoms with E-state index >= 15 is 0 Å². The summed E-state index contributed by atoms with van der Waals surface area (Å²) in [6.45, 7) is 8.23. The Morgan fingerprint density at radius 2 is 2.25 bits per heavy atom. The second kappa shape index (κ2) is 9.89. The number of amides is 2. The lowest BCUT2D eigenvalue weighted by molar-refractivity contribution is -0.130. The van der Waals surface area contributed by atoms with Crippen LogP contribution in [-0.4, -0.2) is 45.9 Å². The summed E-state index contributed by atoms with van der Waals surface area (Å²) < 4.78 is 4.04. The molecule has 2 aromatic rings. The number of fused-ring (bicyclic) bond motifs is 1. The molecular weight excluding hydrogens is 458 g/mol. The van der Waals surface area contributed by atoms with E-state index in [9.17, 15) is 9.59 Å². The molecule has 1 aromatic heterocycles. The quantitative estimate of drug-likeness (QED) is 0.584. The monoisotopic (exact) mass is 481 g/mol. The number of benzene rings is 1. The second-order valence-electron chi connectivity index (χ2n) is 6.98. The van der Waals surface area contributed by atoms with Gasteiger partial charge >= 0.3 is 0 Å². The molecule has 5 nitrogen and oxygen atoms in total. The molecule has 1 aliphatic rings. The molecule has 8 heteroatoms. The first-order valence-electron chi connectivity index (χ1n) is 9.31. The van der Waals surface area contributed by atoms with E-state index in [0.717, 1.165) is 34.2 Å². The number of allylic oxidation sites excluding steroid dienone is 1. The number of carbonyl (C=O) groups is 2. The smallest absolute Gasteiger partial charge is 0.258 e. The lowest BCUT2D eigenvalue weighted by atomic mass is 10.0. The molecule has 1 saturated heterocycles. The number of aromatic nitrogens is 1. The zero-order valence-corrected chi connectivity index (χ0v) is 19.1. The van der Waals surface area contributed by atoms with Crippen LogP contribution in [0.5, 0.6) is 0 Å². The SMILES string of the molecule is C=CCn1c(=NC(=O)CSCC(=O)N2CCCC(C)C2)sc2cc(Br)ccc21. The van der Waals surface area contributed by atoms with Crippen LogP contribution in [0, 0.1) is 5.92 Å². The fourth-order valence-corrected chi connectivity index (χ4v) is 5.62. The third kappa shape index (κ3) is 5.36. The maximum absolute atomic E-state index is 12.4. The second-order valence-corrected chi connectivity index (χ2v) is 9.89. The molecule has 1 aromatic carbocycles. The molecular formula is C20H24BrN3O2S2. The lowest BCUT2D eigenvalue weighted by Crippen LogP contribution is -2.40. The van der Waals surface area contributed by atoms with Gasteiger partial charge in [0, 0.05) is 24.1 Å². The minimum absolute atomic E-state index is 0.123. The van der Waals surface area contributed by atoms with Crippen molar-refractivity contribution in [1.82, 2.24) is 9.47 Å². The van der Waals surface area contributed by atoms with E-state index in [-0.39, 0.29) is 17.6 Å². The highest BCUT2D eigenvalue weighted by Crippen LogP contribution is 2.22. The van der Waals surface area contributed by atoms with Crippen LogP contribution in [0.2, 0.25) is 0 Å². The lowest BCUT2D eigenvalue weighted by Gasteiger charge is -2.30. The highest BCUT2D eigenvalue weighted by Gasteiger charge is 2.20. The summed E-state index contributed by atoms with van der Waals surface area (Å²) in [5.74, 6) is 1.01. The van der Waals surface area contributed by atoms with E-state index < -0.39 is 0 Å². The van der Waals surface area contributed by atoms with Crippen LogP contribution in [0.3, 0.4) is 0 Å². The van der Waals surface area contributed by atoms with Gasteiger partial charge in [0.05, 0.1) is 21.7 Å². The van der Waals surface area contributed by atoms with Gasteiger partial charge < -0.3 is 9.47 Å². The fourth-order valence-electron chi connectivity index (χ4n) is 3.31. The van der Waals surface area contributed by atoms with Gasteiger partial charge in [-0.25, -0.2) is 0 Å². The van der Waals surface area contributed by atoms with Gasteiger partial charge in [-0.3, -0.25) is 9.59 Å². The molecule has 2 heterocycles. The number of likely N-dealkylation sites (tertiary alicyclic amines) is 1. The van der Waals surface area contributed by atoms with Crippen molar-refractivity contribution in [2.24, 2.45) is 10.9 Å². The van der Waals surface area contributed by atoms with Crippen LogP contribution in [0.4, 0.5) is 0 Å². The fraction of sp³-hybridized carbons (Fsp3) is 0.450. The van der Waals surface area contributed by atoms with Crippen LogP contribution < -0.4 is 4.80 Å². The molecule has 1 atom stereocenters. The Morgan fingerprint density at radius 1 is 1.43 bits per heavy atom. The predicted molar refractivity (Wildman–Crippen MR) is 121 cm³/mol. The minimum atomic E-state index is -0.215. The molecule has 150 valence electrons. The van der Waals surface area contributed by atoms with Crippen molar-refractivity contribution in [3.63, 3.8) is 0 Å². The number of nitrogens with zero attached hydrogens (tertiary/aromatic N) is 3. The topological polar surface area (TPSA) is 54.7 Å². The Hall–Kier alpha value is -1.38. The van der Waals surface area contributed by atoms with Crippen molar-refractivity contribution in [3.05, 3.63) is 40.1 Å². The number of carbonyl (C=O) groups excluding carboxylic acids is 2. The first kappa shape index (κ1) is 21.3. The number of hydrogen-bond acceptors (Lipinski definition) is 4. The molecule has 1 aliphatic heterocycles. The molecule has 28 heavy (non-hydrogen) atoms. The predicted octanol–water partition coefficient (Wildman–Crippen LogP) is 4.07. The highest BCUT2D eigenvalue weighted by atomic mass is 79.9. The number of thiazole rings is 1. The van der Waals surface area contributed by atoms with Gasteiger partial charge in [-0.15, -0.1) is 18.3 Å². The van der Waals surface area contributed by atoms with E-state index in [1.165, 1.54) is 29.5 Å². The van der Waals surface area contributed by atoms with Crippen LogP contribution in [-0.2, 0) is 16.1 Å². The highest BCUT2D eigenvalue weighted by molar-refractivity contribution is 9.10. The average Bonchev–Trinajstić information content (AvgIpc) is 2.98. The number of halogens is 1. The Morgan fingerprint density at radius 3 is 3.00 bits per heavy atom. The molecule has 2 amide bonds. The van der Waals surface area contributed by atoms with Crippen molar-refractivity contribution in [2.45, 2.75) is 26.3 Å².